The van der Waals surface area contributed by atoms with Gasteiger partial charge in [0.1, 0.15) is 6.61 Å². The third-order valence-corrected chi connectivity index (χ3v) is 20.0. The van der Waals surface area contributed by atoms with Gasteiger partial charge in [0.05, 0.1) is 48.9 Å². The van der Waals surface area contributed by atoms with Crippen LogP contribution in [0.15, 0.2) is 71.1 Å². The Hall–Kier alpha value is -2.56. The van der Waals surface area contributed by atoms with Crippen LogP contribution in [0.5, 0.6) is 0 Å². The third-order valence-electron chi connectivity index (χ3n) is 18.2. The van der Waals surface area contributed by atoms with Crippen molar-refractivity contribution in [3.05, 3.63) is 77.4 Å². The summed E-state index contributed by atoms with van der Waals surface area (Å²) in [6.45, 7) is 26.6. The van der Waals surface area contributed by atoms with Gasteiger partial charge in [-0.05, 0) is 108 Å². The zero-order valence-corrected chi connectivity index (χ0v) is 40.5. The van der Waals surface area contributed by atoms with Crippen LogP contribution in [0.3, 0.4) is 0 Å². The molecule has 338 valence electrons. The van der Waals surface area contributed by atoms with E-state index in [1.165, 1.54) is 9.88 Å². The molecule has 8 nitrogen and oxygen atoms in total. The summed E-state index contributed by atoms with van der Waals surface area (Å²) in [4.78, 5) is 15.1. The highest BCUT2D eigenvalue weighted by Crippen LogP contribution is 2.75. The van der Waals surface area contributed by atoms with Crippen molar-refractivity contribution in [2.45, 2.75) is 144 Å². The average molecular weight is 860 g/mol. The summed E-state index contributed by atoms with van der Waals surface area (Å²) in [7, 11) is -0.277. The van der Waals surface area contributed by atoms with Gasteiger partial charge in [-0.25, -0.2) is 8.42 Å². The molecule has 2 aromatic rings. The number of methoxy groups -OCH3 is 1. The fraction of sp³-hybridized carbons (Fsp3) is 0.712. The fourth-order valence-corrected chi connectivity index (χ4v) is 15.5. The molecule has 9 heteroatoms. The number of nitrogens with zero attached hydrogens (tertiary/aromatic N) is 1. The number of carbonyl (C=O) groups excluding carboxylic acids is 1. The van der Waals surface area contributed by atoms with E-state index in [0.29, 0.717) is 36.9 Å². The van der Waals surface area contributed by atoms with Crippen LogP contribution in [-0.2, 0) is 40.4 Å². The second-order valence-electron chi connectivity index (χ2n) is 22.5. The number of carbonyl (C=O) groups is 1. The van der Waals surface area contributed by atoms with Gasteiger partial charge in [-0.3, -0.25) is 4.79 Å². The molecule has 1 saturated heterocycles. The molecule has 4 aliphatic carbocycles. The predicted molar refractivity (Wildman–Crippen MR) is 242 cm³/mol. The molecule has 0 unspecified atom stereocenters. The lowest BCUT2D eigenvalue weighted by Crippen LogP contribution is -2.70. The largest absolute Gasteiger partial charge is 0.461 e. The molecule has 0 aromatic heterocycles. The van der Waals surface area contributed by atoms with E-state index in [1.54, 1.807) is 19.2 Å². The molecule has 5 aliphatic rings. The zero-order chi connectivity index (χ0) is 44.6. The number of hydrogen-bond donors (Lipinski definition) is 0. The Bertz CT molecular complexity index is 2040. The first-order valence-electron chi connectivity index (χ1n) is 23.2. The van der Waals surface area contributed by atoms with Crippen molar-refractivity contribution in [1.82, 2.24) is 4.31 Å². The Morgan fingerprint density at radius 1 is 0.934 bits per heavy atom. The molecular weight excluding hydrogens is 783 g/mol. The average Bonchev–Trinajstić information content (AvgIpc) is 3.20. The van der Waals surface area contributed by atoms with E-state index in [4.69, 9.17) is 18.9 Å². The maximum Gasteiger partial charge on any atom is 0.310 e. The lowest BCUT2D eigenvalue weighted by Gasteiger charge is -2.71. The van der Waals surface area contributed by atoms with Gasteiger partial charge in [0.25, 0.3) is 0 Å². The number of allylic oxidation sites excluding steroid dienone is 1. The molecule has 0 radical (unpaired) electrons. The molecule has 3 saturated carbocycles. The smallest absolute Gasteiger partial charge is 0.310 e. The number of benzene rings is 2. The molecule has 61 heavy (non-hydrogen) atoms. The molecule has 4 fully saturated rings. The summed E-state index contributed by atoms with van der Waals surface area (Å²) in [6.07, 6.45) is 7.81. The number of aryl methyl sites for hydroxylation is 1. The summed E-state index contributed by atoms with van der Waals surface area (Å²) in [5.74, 6) is 1.09. The Kier molecular flexibility index (Phi) is 12.5. The summed E-state index contributed by atoms with van der Waals surface area (Å²) in [6, 6.07) is 16.7. The van der Waals surface area contributed by atoms with E-state index in [-0.39, 0.29) is 69.3 Å². The van der Waals surface area contributed by atoms with E-state index in [9.17, 15) is 13.2 Å². The predicted octanol–water partition coefficient (Wildman–Crippen LogP) is 10.7. The maximum atomic E-state index is 14.9. The third kappa shape index (κ3) is 7.50. The fourth-order valence-electron chi connectivity index (χ4n) is 14.0. The number of fused-ring (bicyclic) bond motifs is 3. The van der Waals surface area contributed by atoms with Crippen molar-refractivity contribution in [1.29, 1.82) is 0 Å². The highest BCUT2D eigenvalue weighted by atomic mass is 32.2. The lowest BCUT2D eigenvalue weighted by atomic mass is 9.34. The van der Waals surface area contributed by atoms with Crippen LogP contribution >= 0.6 is 0 Å². The number of likely N-dealkylation sites (N-methyl/N-ethyl adjacent to an activating group) is 1. The van der Waals surface area contributed by atoms with Crippen LogP contribution in [0.1, 0.15) is 119 Å². The minimum absolute atomic E-state index is 0.0486. The van der Waals surface area contributed by atoms with Crippen LogP contribution in [0.25, 0.3) is 0 Å². The van der Waals surface area contributed by atoms with Gasteiger partial charge in [-0.15, -0.1) is 0 Å². The van der Waals surface area contributed by atoms with E-state index in [2.05, 4.69) is 75.3 Å². The normalized spacial score (nSPS) is 37.2. The molecule has 0 amide bonds. The summed E-state index contributed by atoms with van der Waals surface area (Å²) in [5, 5.41) is 0. The number of ether oxygens (including phenoxy) is 4. The number of rotatable bonds is 12. The molecule has 2 aromatic carbocycles. The van der Waals surface area contributed by atoms with Gasteiger partial charge in [-0.1, -0.05) is 129 Å². The van der Waals surface area contributed by atoms with Gasteiger partial charge in [0.15, 0.2) is 0 Å². The van der Waals surface area contributed by atoms with Gasteiger partial charge in [0, 0.05) is 25.0 Å². The zero-order valence-electron chi connectivity index (χ0n) is 39.7. The van der Waals surface area contributed by atoms with Crippen molar-refractivity contribution in [3.63, 3.8) is 0 Å². The van der Waals surface area contributed by atoms with Crippen LogP contribution < -0.4 is 0 Å². The van der Waals surface area contributed by atoms with E-state index >= 15 is 0 Å². The lowest BCUT2D eigenvalue weighted by molar-refractivity contribution is -0.269. The monoisotopic (exact) mass is 860 g/mol. The van der Waals surface area contributed by atoms with Crippen LogP contribution in [0.2, 0.25) is 0 Å². The van der Waals surface area contributed by atoms with E-state index in [0.717, 1.165) is 49.7 Å². The number of hydrogen-bond acceptors (Lipinski definition) is 7. The Morgan fingerprint density at radius 2 is 1.61 bits per heavy atom. The maximum absolute atomic E-state index is 14.9. The molecule has 1 aliphatic heterocycles. The quantitative estimate of drug-likeness (QED) is 0.155. The minimum Gasteiger partial charge on any atom is -0.461 e. The van der Waals surface area contributed by atoms with E-state index in [1.807, 2.05) is 56.5 Å². The molecule has 7 rings (SSSR count). The SMILES string of the molecule is CO[C@@H]1C[C@@]23COC[C@@](C)([C@@H]2CC[C@H]2C3=CC[C@@]3(C)[C@H](C(=O)OCc4ccccc4)[C@@](C)([C@H](C)C(C)C)CC[C@]23C)[C@H]1OC[C@H](N(C)S(=O)(=O)c1ccc(C)cc1)C(C)(C)C. The van der Waals surface area contributed by atoms with Gasteiger partial charge >= 0.3 is 5.97 Å². The van der Waals surface area contributed by atoms with Crippen molar-refractivity contribution in [2.75, 3.05) is 34.0 Å². The van der Waals surface area contributed by atoms with Crippen molar-refractivity contribution >= 4 is 16.0 Å². The first-order valence-corrected chi connectivity index (χ1v) is 24.6. The minimum atomic E-state index is -3.78. The highest BCUT2D eigenvalue weighted by molar-refractivity contribution is 7.89. The Morgan fingerprint density at radius 3 is 2.23 bits per heavy atom. The standard InChI is InChI=1S/C52H77NO7S/c1-34(2)36(4)48(8)27-28-50(10)39-23-24-42-49(9)32-58-33-52(42,40(39)25-26-51(50,11)44(48)46(54)60-30-37-17-15-14-16-18-37)29-41(57-13)45(49)59-31-43(47(5,6)7)53(12)61(55,56)38-21-19-35(3)20-22-38/h14-22,25,34,36,39,41-45H,23-24,26-33H2,1-13H3/t36-,39+,41-,42+,43+,44-,45+,48-,49+,50-,51+,52+/m1/s1. The summed E-state index contributed by atoms with van der Waals surface area (Å²) in [5.41, 5.74) is 1.93. The second-order valence-corrected chi connectivity index (χ2v) is 24.5. The van der Waals surface area contributed by atoms with Crippen LogP contribution in [0.4, 0.5) is 0 Å². The van der Waals surface area contributed by atoms with Crippen molar-refractivity contribution in [2.24, 2.45) is 62.1 Å². The first kappa shape index (κ1) is 46.4. The number of sulfonamides is 1. The molecule has 2 bridgehead atoms. The van der Waals surface area contributed by atoms with Gasteiger partial charge in [-0.2, -0.15) is 4.31 Å². The molecule has 1 heterocycles. The topological polar surface area (TPSA) is 91.4 Å². The van der Waals surface area contributed by atoms with Crippen molar-refractivity contribution < 1.29 is 32.2 Å². The van der Waals surface area contributed by atoms with Gasteiger partial charge < -0.3 is 18.9 Å². The molecule has 0 spiro atoms. The first-order chi connectivity index (χ1) is 28.5. The highest BCUT2D eigenvalue weighted by Gasteiger charge is 2.72. The van der Waals surface area contributed by atoms with Crippen molar-refractivity contribution in [3.8, 4) is 0 Å². The van der Waals surface area contributed by atoms with Crippen LogP contribution in [0, 0.1) is 69.0 Å². The Balaban J connectivity index is 1.20. The number of esters is 1. The molecular formula is C52H77NO7S. The van der Waals surface area contributed by atoms with Gasteiger partial charge in [0.2, 0.25) is 10.0 Å². The van der Waals surface area contributed by atoms with E-state index < -0.39 is 21.5 Å². The summed E-state index contributed by atoms with van der Waals surface area (Å²) >= 11 is 0. The molecule has 0 N–H and O–H groups in total. The molecule has 12 atom stereocenters. The second kappa shape index (κ2) is 16.5. The van der Waals surface area contributed by atoms with Crippen LogP contribution in [-0.4, -0.2) is 70.9 Å². The Labute approximate surface area is 369 Å². The summed E-state index contributed by atoms with van der Waals surface area (Å²) < 4.78 is 56.4.